The van der Waals surface area contributed by atoms with E-state index in [4.69, 9.17) is 23.4 Å². The first-order valence-corrected chi connectivity index (χ1v) is 11.0. The van der Waals surface area contributed by atoms with Gasteiger partial charge in [0, 0.05) is 24.6 Å². The molecule has 186 valence electrons. The summed E-state index contributed by atoms with van der Waals surface area (Å²) in [5, 5.41) is 0. The van der Waals surface area contributed by atoms with E-state index < -0.39 is 30.2 Å². The van der Waals surface area contributed by atoms with Crippen molar-refractivity contribution in [2.24, 2.45) is 5.92 Å². The van der Waals surface area contributed by atoms with Crippen molar-refractivity contribution in [1.29, 1.82) is 0 Å². The molecular weight excluding hydrogens is 470 g/mol. The third kappa shape index (κ3) is 5.38. The van der Waals surface area contributed by atoms with E-state index in [1.54, 1.807) is 24.3 Å². The minimum Gasteiger partial charge on any atom is -0.497 e. The summed E-state index contributed by atoms with van der Waals surface area (Å²) in [4.78, 5) is 51.0. The molecule has 0 bridgehead atoms. The van der Waals surface area contributed by atoms with Crippen molar-refractivity contribution in [3.8, 4) is 17.2 Å². The molecule has 10 heteroatoms. The fourth-order valence-electron chi connectivity index (χ4n) is 3.70. The minimum absolute atomic E-state index is 0.0437. The number of furan rings is 1. The minimum atomic E-state index is -0.722. The number of methoxy groups -OCH3 is 2. The second-order valence-electron chi connectivity index (χ2n) is 7.87. The molecule has 3 aromatic rings. The van der Waals surface area contributed by atoms with Crippen LogP contribution in [-0.2, 0) is 14.3 Å². The fourth-order valence-corrected chi connectivity index (χ4v) is 3.70. The third-order valence-electron chi connectivity index (χ3n) is 5.59. The number of ketones is 1. The van der Waals surface area contributed by atoms with Gasteiger partial charge < -0.3 is 28.3 Å². The van der Waals surface area contributed by atoms with Crippen LogP contribution in [0.25, 0.3) is 0 Å². The second-order valence-corrected chi connectivity index (χ2v) is 7.87. The van der Waals surface area contributed by atoms with Crippen LogP contribution in [0, 0.1) is 5.92 Å². The third-order valence-corrected chi connectivity index (χ3v) is 5.59. The lowest BCUT2D eigenvalue weighted by molar-refractivity contribution is -0.147. The molecule has 1 aromatic heterocycles. The number of Topliss-reactive ketones (excluding diaryl/α,β-unsaturated/α-hetero) is 1. The van der Waals surface area contributed by atoms with Crippen molar-refractivity contribution in [1.82, 2.24) is 0 Å². The number of nitrogens with zero attached hydrogens (tertiary/aromatic N) is 1. The molecule has 4 rings (SSSR count). The quantitative estimate of drug-likeness (QED) is 0.251. The predicted molar refractivity (Wildman–Crippen MR) is 125 cm³/mol. The number of anilines is 1. The monoisotopic (exact) mass is 493 g/mol. The maximum Gasteiger partial charge on any atom is 0.379 e. The lowest BCUT2D eigenvalue weighted by Gasteiger charge is -2.20. The number of esters is 2. The van der Waals surface area contributed by atoms with Crippen molar-refractivity contribution < 1.29 is 42.5 Å². The maximum absolute atomic E-state index is 12.6. The van der Waals surface area contributed by atoms with E-state index in [1.165, 1.54) is 55.7 Å². The Morgan fingerprint density at radius 1 is 1.00 bits per heavy atom. The second kappa shape index (κ2) is 10.8. The molecule has 0 aliphatic carbocycles. The van der Waals surface area contributed by atoms with Crippen molar-refractivity contribution in [3.63, 3.8) is 0 Å². The van der Waals surface area contributed by atoms with Gasteiger partial charge in [-0.3, -0.25) is 14.4 Å². The highest BCUT2D eigenvalue weighted by Gasteiger charge is 2.37. The highest BCUT2D eigenvalue weighted by molar-refractivity contribution is 6.02. The van der Waals surface area contributed by atoms with Crippen LogP contribution < -0.4 is 19.1 Å². The molecule has 10 nitrogen and oxygen atoms in total. The van der Waals surface area contributed by atoms with Crippen molar-refractivity contribution in [2.75, 3.05) is 32.3 Å². The maximum atomic E-state index is 12.6. The molecule has 1 saturated heterocycles. The van der Waals surface area contributed by atoms with Crippen molar-refractivity contribution in [3.05, 3.63) is 72.2 Å². The van der Waals surface area contributed by atoms with Crippen molar-refractivity contribution in [2.45, 2.75) is 6.42 Å². The van der Waals surface area contributed by atoms with E-state index >= 15 is 0 Å². The van der Waals surface area contributed by atoms with Gasteiger partial charge in [0.1, 0.15) is 17.2 Å². The highest BCUT2D eigenvalue weighted by Crippen LogP contribution is 2.36. The summed E-state index contributed by atoms with van der Waals surface area (Å²) in [7, 11) is 3.00. The molecule has 1 fully saturated rings. The summed E-state index contributed by atoms with van der Waals surface area (Å²) in [6.45, 7) is -0.384. The zero-order chi connectivity index (χ0) is 25.7. The molecule has 1 atom stereocenters. The van der Waals surface area contributed by atoms with E-state index in [9.17, 15) is 19.2 Å². The summed E-state index contributed by atoms with van der Waals surface area (Å²) in [6, 6.07) is 13.9. The van der Waals surface area contributed by atoms with Gasteiger partial charge in [-0.05, 0) is 48.5 Å². The number of carbonyl (C=O) groups is 4. The van der Waals surface area contributed by atoms with Crippen LogP contribution >= 0.6 is 0 Å². The lowest BCUT2D eigenvalue weighted by Crippen LogP contribution is -2.27. The number of rotatable bonds is 9. The molecule has 0 unspecified atom stereocenters. The molecule has 36 heavy (non-hydrogen) atoms. The lowest BCUT2D eigenvalue weighted by atomic mass is 10.1. The first-order valence-electron chi connectivity index (χ1n) is 11.0. The Morgan fingerprint density at radius 3 is 2.42 bits per heavy atom. The Hall–Kier alpha value is -4.60. The van der Waals surface area contributed by atoms with E-state index in [0.717, 1.165) is 0 Å². The van der Waals surface area contributed by atoms with E-state index in [2.05, 4.69) is 0 Å². The number of ether oxygens (including phenoxy) is 4. The fraction of sp³-hybridized carbons (Fsp3) is 0.231. The highest BCUT2D eigenvalue weighted by atomic mass is 16.5. The summed E-state index contributed by atoms with van der Waals surface area (Å²) in [5.74, 6) is -1.45. The van der Waals surface area contributed by atoms with Gasteiger partial charge in [-0.1, -0.05) is 0 Å². The van der Waals surface area contributed by atoms with E-state index in [1.807, 2.05) is 0 Å². The Labute approximate surface area is 206 Å². The normalized spacial score (nSPS) is 14.9. The van der Waals surface area contributed by atoms with Gasteiger partial charge in [0.2, 0.25) is 11.7 Å². The molecule has 2 aromatic carbocycles. The van der Waals surface area contributed by atoms with E-state index in [0.29, 0.717) is 17.2 Å². The zero-order valence-corrected chi connectivity index (χ0v) is 19.6. The van der Waals surface area contributed by atoms with Gasteiger partial charge in [-0.15, -0.1) is 0 Å². The summed E-state index contributed by atoms with van der Waals surface area (Å²) in [6.07, 6.45) is 1.31. The SMILES string of the molecule is COc1ccc(N2C[C@@H](C(=O)OCC(=O)c3ccc(OC(=O)c4ccco4)cc3)CC2=O)c(OC)c1. The largest absolute Gasteiger partial charge is 0.497 e. The summed E-state index contributed by atoms with van der Waals surface area (Å²) in [5.41, 5.74) is 0.787. The molecule has 2 heterocycles. The van der Waals surface area contributed by atoms with Crippen LogP contribution in [-0.4, -0.2) is 51.0 Å². The molecule has 0 radical (unpaired) electrons. The Bertz CT molecular complexity index is 1270. The molecule has 0 spiro atoms. The van der Waals surface area contributed by atoms with Crippen LogP contribution in [0.2, 0.25) is 0 Å². The van der Waals surface area contributed by atoms with Gasteiger partial charge in [-0.2, -0.15) is 0 Å². The van der Waals surface area contributed by atoms with Crippen molar-refractivity contribution >= 4 is 29.3 Å². The van der Waals surface area contributed by atoms with Crippen LogP contribution in [0.3, 0.4) is 0 Å². The number of hydrogen-bond donors (Lipinski definition) is 0. The Balaban J connectivity index is 1.31. The van der Waals surface area contributed by atoms with Crippen LogP contribution in [0.15, 0.2) is 65.3 Å². The topological polar surface area (TPSA) is 122 Å². The van der Waals surface area contributed by atoms with Crippen LogP contribution in [0.4, 0.5) is 5.69 Å². The van der Waals surface area contributed by atoms with Gasteiger partial charge in [0.05, 0.1) is 32.1 Å². The molecule has 1 amide bonds. The number of hydrogen-bond acceptors (Lipinski definition) is 9. The zero-order valence-electron chi connectivity index (χ0n) is 19.6. The average molecular weight is 493 g/mol. The Kier molecular flexibility index (Phi) is 7.33. The molecule has 0 saturated carbocycles. The molecule has 1 aliphatic heterocycles. The number of amides is 1. The number of carbonyl (C=O) groups excluding carboxylic acids is 4. The van der Waals surface area contributed by atoms with E-state index in [-0.39, 0.29) is 35.9 Å². The van der Waals surface area contributed by atoms with Gasteiger partial charge >= 0.3 is 11.9 Å². The first-order chi connectivity index (χ1) is 17.4. The summed E-state index contributed by atoms with van der Waals surface area (Å²) >= 11 is 0. The van der Waals surface area contributed by atoms with Gasteiger partial charge in [0.25, 0.3) is 0 Å². The number of benzene rings is 2. The smallest absolute Gasteiger partial charge is 0.379 e. The standard InChI is InChI=1S/C26H23NO9/c1-32-19-9-10-20(23(13-19)33-2)27-14-17(12-24(27)29)25(30)35-15-21(28)16-5-7-18(8-6-16)36-26(31)22-4-3-11-34-22/h3-11,13,17H,12,14-15H2,1-2H3/t17-/m0/s1. The predicted octanol–water partition coefficient (Wildman–Crippen LogP) is 3.30. The average Bonchev–Trinajstić information content (AvgIpc) is 3.57. The van der Waals surface area contributed by atoms with Crippen LogP contribution in [0.1, 0.15) is 27.3 Å². The molecule has 1 aliphatic rings. The Morgan fingerprint density at radius 2 is 1.75 bits per heavy atom. The van der Waals surface area contributed by atoms with Gasteiger partial charge in [0.15, 0.2) is 12.4 Å². The van der Waals surface area contributed by atoms with Gasteiger partial charge in [-0.25, -0.2) is 4.79 Å². The summed E-state index contributed by atoms with van der Waals surface area (Å²) < 4.78 is 25.9. The molecular formula is C26H23NO9. The molecule has 0 N–H and O–H groups in total. The first kappa shape index (κ1) is 24.5. The van der Waals surface area contributed by atoms with Crippen LogP contribution in [0.5, 0.6) is 17.2 Å².